The van der Waals surface area contributed by atoms with Crippen molar-refractivity contribution in [2.24, 2.45) is 0 Å². The number of carbonyl (C=O) groups excluding carboxylic acids is 1. The maximum Gasteiger partial charge on any atom is 0.333 e. The third kappa shape index (κ3) is 4.04. The molecule has 0 saturated carbocycles. The van der Waals surface area contributed by atoms with E-state index >= 15 is 0 Å². The smallest absolute Gasteiger partial charge is 0.333 e. The molecule has 0 radical (unpaired) electrons. The van der Waals surface area contributed by atoms with Gasteiger partial charge in [-0.3, -0.25) is 4.90 Å². The first kappa shape index (κ1) is 21.5. The lowest BCUT2D eigenvalue weighted by molar-refractivity contribution is 0.205. The molecule has 1 aliphatic heterocycles. The van der Waals surface area contributed by atoms with Crippen LogP contribution in [0.1, 0.15) is 52.8 Å². The highest BCUT2D eigenvalue weighted by atomic mass is 32.2. The van der Waals surface area contributed by atoms with Gasteiger partial charge >= 0.3 is 6.03 Å². The molecule has 2 aromatic rings. The van der Waals surface area contributed by atoms with Crippen LogP contribution in [0.25, 0.3) is 0 Å². The Kier molecular flexibility index (Phi) is 5.73. The van der Waals surface area contributed by atoms with Crippen molar-refractivity contribution in [3.63, 3.8) is 0 Å². The number of carbonyl (C=O) groups is 1. The second-order valence-corrected chi connectivity index (χ2v) is 10.5. The number of urea groups is 1. The van der Waals surface area contributed by atoms with Crippen LogP contribution >= 0.6 is 0 Å². The lowest BCUT2D eigenvalue weighted by Gasteiger charge is -2.25. The molecule has 32 heavy (non-hydrogen) atoms. The van der Waals surface area contributed by atoms with Crippen molar-refractivity contribution in [2.45, 2.75) is 63.0 Å². The lowest BCUT2D eigenvalue weighted by Crippen LogP contribution is -2.34. The number of fused-ring (bicyclic) bond motifs is 3. The zero-order chi connectivity index (χ0) is 22.3. The summed E-state index contributed by atoms with van der Waals surface area (Å²) >= 11 is 0. The van der Waals surface area contributed by atoms with Gasteiger partial charge in [0, 0.05) is 50.0 Å². The summed E-state index contributed by atoms with van der Waals surface area (Å²) in [5.74, 6) is 0.643. The number of hydrogen-bond donors (Lipinski definition) is 3. The normalized spacial score (nSPS) is 17.7. The third-order valence-corrected chi connectivity index (χ3v) is 7.94. The number of aryl methyl sites for hydroxylation is 2. The molecule has 0 atom stereocenters. The molecule has 9 heteroatoms. The summed E-state index contributed by atoms with van der Waals surface area (Å²) in [5, 5.41) is 11.7. The Hall–Kier alpha value is -2.36. The Bertz CT molecular complexity index is 1120. The van der Waals surface area contributed by atoms with Gasteiger partial charge in [-0.15, -0.1) is 0 Å². The summed E-state index contributed by atoms with van der Waals surface area (Å²) in [6.45, 7) is 2.19. The van der Waals surface area contributed by atoms with Gasteiger partial charge in [-0.05, 0) is 67.2 Å². The van der Waals surface area contributed by atoms with Gasteiger partial charge in [-0.1, -0.05) is 6.07 Å². The fraction of sp³-hybridized carbons (Fsp3) is 0.522. The van der Waals surface area contributed by atoms with Crippen LogP contribution in [0.2, 0.25) is 0 Å². The Morgan fingerprint density at radius 1 is 1.03 bits per heavy atom. The van der Waals surface area contributed by atoms with Gasteiger partial charge < -0.3 is 14.8 Å². The van der Waals surface area contributed by atoms with E-state index in [9.17, 15) is 13.2 Å². The number of rotatable bonds is 6. The molecule has 3 N–H and O–H groups in total. The second-order valence-electron chi connectivity index (χ2n) is 8.91. The van der Waals surface area contributed by atoms with Gasteiger partial charge in [0.2, 0.25) is 5.09 Å². The van der Waals surface area contributed by atoms with Crippen LogP contribution in [-0.2, 0) is 48.7 Å². The first-order chi connectivity index (χ1) is 15.4. The number of amides is 2. The van der Waals surface area contributed by atoms with Crippen molar-refractivity contribution >= 4 is 21.7 Å². The molecule has 0 spiro atoms. The largest absolute Gasteiger partial charge is 0.447 e. The minimum absolute atomic E-state index is 0.126. The van der Waals surface area contributed by atoms with E-state index in [1.807, 2.05) is 0 Å². The molecule has 8 nitrogen and oxygen atoms in total. The zero-order valence-corrected chi connectivity index (χ0v) is 18.9. The van der Waals surface area contributed by atoms with Crippen LogP contribution in [-0.4, -0.2) is 44.2 Å². The molecule has 0 unspecified atom stereocenters. The number of furan rings is 1. The van der Waals surface area contributed by atoms with E-state index in [2.05, 4.69) is 21.0 Å². The van der Waals surface area contributed by atoms with Gasteiger partial charge in [0.25, 0.3) is 10.0 Å². The molecule has 3 aliphatic rings. The van der Waals surface area contributed by atoms with Gasteiger partial charge in [-0.25, -0.2) is 9.52 Å². The topological polar surface area (TPSA) is 112 Å². The monoisotopic (exact) mass is 459 g/mol. The standard InChI is InChI=1S/C23H29N3O5S/c27-11-3-9-26-10-8-20-17(14-26)13-21(31-20)32(29,30)25-23(28)24-22-18-6-1-4-15(18)12-16-5-2-7-19(16)22/h12-13,27H,1-11,14H2,(H2,24,25,28). The highest BCUT2D eigenvalue weighted by Crippen LogP contribution is 2.38. The van der Waals surface area contributed by atoms with Gasteiger partial charge in [-0.2, -0.15) is 8.42 Å². The van der Waals surface area contributed by atoms with Crippen molar-refractivity contribution in [1.82, 2.24) is 9.62 Å². The number of nitrogens with one attached hydrogen (secondary N) is 2. The van der Waals surface area contributed by atoms with Crippen LogP contribution in [0.5, 0.6) is 0 Å². The maximum absolute atomic E-state index is 12.9. The van der Waals surface area contributed by atoms with Crippen molar-refractivity contribution in [3.05, 3.63) is 45.7 Å². The summed E-state index contributed by atoms with van der Waals surface area (Å²) in [5.41, 5.74) is 6.46. The first-order valence-corrected chi connectivity index (χ1v) is 12.9. The van der Waals surface area contributed by atoms with E-state index < -0.39 is 16.1 Å². The van der Waals surface area contributed by atoms with Crippen LogP contribution in [0, 0.1) is 0 Å². The zero-order valence-electron chi connectivity index (χ0n) is 18.1. The molecular weight excluding hydrogens is 430 g/mol. The average Bonchev–Trinajstić information content (AvgIpc) is 3.50. The quantitative estimate of drug-likeness (QED) is 0.612. The summed E-state index contributed by atoms with van der Waals surface area (Å²) in [7, 11) is -4.12. The van der Waals surface area contributed by atoms with E-state index in [4.69, 9.17) is 9.52 Å². The van der Waals surface area contributed by atoms with Crippen LogP contribution in [0.3, 0.4) is 0 Å². The number of aliphatic hydroxyl groups is 1. The van der Waals surface area contributed by atoms with Gasteiger partial charge in [0.05, 0.1) is 0 Å². The molecular formula is C23H29N3O5S. The predicted molar refractivity (Wildman–Crippen MR) is 119 cm³/mol. The molecule has 2 aliphatic carbocycles. The number of nitrogens with zero attached hydrogens (tertiary/aromatic N) is 1. The minimum Gasteiger partial charge on any atom is -0.447 e. The fourth-order valence-corrected chi connectivity index (χ4v) is 6.16. The van der Waals surface area contributed by atoms with Crippen molar-refractivity contribution in [1.29, 1.82) is 0 Å². The Labute approximate surface area is 188 Å². The van der Waals surface area contributed by atoms with Crippen LogP contribution < -0.4 is 10.0 Å². The highest BCUT2D eigenvalue weighted by Gasteiger charge is 2.29. The second kappa shape index (κ2) is 8.53. The van der Waals surface area contributed by atoms with Gasteiger partial charge in [0.1, 0.15) is 5.76 Å². The number of anilines is 1. The number of sulfonamides is 1. The van der Waals surface area contributed by atoms with E-state index in [0.717, 1.165) is 74.0 Å². The van der Waals surface area contributed by atoms with Crippen molar-refractivity contribution < 1.29 is 22.7 Å². The van der Waals surface area contributed by atoms with Crippen molar-refractivity contribution in [3.8, 4) is 0 Å². The number of benzene rings is 1. The van der Waals surface area contributed by atoms with E-state index in [-0.39, 0.29) is 11.7 Å². The highest BCUT2D eigenvalue weighted by molar-refractivity contribution is 7.89. The van der Waals surface area contributed by atoms with Gasteiger partial charge in [0.15, 0.2) is 0 Å². The molecule has 0 bridgehead atoms. The number of aliphatic hydroxyl groups excluding tert-OH is 1. The Morgan fingerprint density at radius 2 is 1.75 bits per heavy atom. The minimum atomic E-state index is -4.12. The first-order valence-electron chi connectivity index (χ1n) is 11.4. The molecule has 0 saturated heterocycles. The van der Waals surface area contributed by atoms with E-state index in [1.165, 1.54) is 17.2 Å². The van der Waals surface area contributed by atoms with E-state index in [1.54, 1.807) is 0 Å². The number of hydrogen-bond acceptors (Lipinski definition) is 6. The van der Waals surface area contributed by atoms with Crippen LogP contribution in [0.15, 0.2) is 21.6 Å². The molecule has 1 aromatic heterocycles. The SMILES string of the molecule is O=C(Nc1c2c(cc3c1CCC3)CCC2)NS(=O)(=O)c1cc2c(o1)CCN(CCCO)C2. The lowest BCUT2D eigenvalue weighted by atomic mass is 9.99. The average molecular weight is 460 g/mol. The Morgan fingerprint density at radius 3 is 2.44 bits per heavy atom. The molecule has 172 valence electrons. The molecule has 1 aromatic carbocycles. The summed E-state index contributed by atoms with van der Waals surface area (Å²) in [6, 6.07) is 3.02. The summed E-state index contributed by atoms with van der Waals surface area (Å²) < 4.78 is 33.5. The Balaban J connectivity index is 1.32. The van der Waals surface area contributed by atoms with Crippen LogP contribution in [0.4, 0.5) is 10.5 Å². The van der Waals surface area contributed by atoms with Crippen molar-refractivity contribution in [2.75, 3.05) is 25.0 Å². The third-order valence-electron chi connectivity index (χ3n) is 6.76. The molecule has 2 amide bonds. The fourth-order valence-electron chi connectivity index (χ4n) is 5.26. The molecule has 0 fully saturated rings. The van der Waals surface area contributed by atoms with E-state index in [0.29, 0.717) is 25.1 Å². The molecule has 2 heterocycles. The summed E-state index contributed by atoms with van der Waals surface area (Å²) in [6.07, 6.45) is 7.21. The predicted octanol–water partition coefficient (Wildman–Crippen LogP) is 2.51. The maximum atomic E-state index is 12.9. The molecule has 5 rings (SSSR count). The summed E-state index contributed by atoms with van der Waals surface area (Å²) in [4.78, 5) is 14.9.